The third kappa shape index (κ3) is 3.76. The molecule has 0 aliphatic carbocycles. The number of H-pyrrole nitrogens is 1. The van der Waals surface area contributed by atoms with Gasteiger partial charge in [-0.05, 0) is 37.5 Å². The standard InChI is InChI=1S/C18H20N4O3/c1-10-12(11(2)20-18(25)19-10)7-8-16(23)22-15-9-17(24)21-14-6-4-3-5-13(14)15/h3-6,15H,7-9H2,1-2H3,(H,21,24)(H,22,23)(H,19,20,25)/t15-/m0/s1. The van der Waals surface area contributed by atoms with Gasteiger partial charge in [-0.1, -0.05) is 18.2 Å². The first-order valence-electron chi connectivity index (χ1n) is 8.18. The van der Waals surface area contributed by atoms with Crippen molar-refractivity contribution in [2.24, 2.45) is 0 Å². The number of benzene rings is 1. The van der Waals surface area contributed by atoms with Gasteiger partial charge < -0.3 is 15.6 Å². The van der Waals surface area contributed by atoms with Crippen molar-refractivity contribution in [1.29, 1.82) is 0 Å². The van der Waals surface area contributed by atoms with Crippen molar-refractivity contribution in [2.45, 2.75) is 39.2 Å². The molecule has 0 saturated carbocycles. The molecular formula is C18H20N4O3. The van der Waals surface area contributed by atoms with E-state index in [1.165, 1.54) is 0 Å². The second-order valence-corrected chi connectivity index (χ2v) is 6.19. The monoisotopic (exact) mass is 340 g/mol. The van der Waals surface area contributed by atoms with Gasteiger partial charge in [-0.2, -0.15) is 4.98 Å². The van der Waals surface area contributed by atoms with E-state index in [9.17, 15) is 14.4 Å². The Morgan fingerprint density at radius 3 is 2.80 bits per heavy atom. The molecule has 1 aliphatic heterocycles. The van der Waals surface area contributed by atoms with Gasteiger partial charge in [0.2, 0.25) is 11.8 Å². The van der Waals surface area contributed by atoms with Crippen LogP contribution in [0, 0.1) is 13.8 Å². The molecule has 130 valence electrons. The number of fused-ring (bicyclic) bond motifs is 1. The summed E-state index contributed by atoms with van der Waals surface area (Å²) in [5.41, 5.74) is 3.50. The van der Waals surface area contributed by atoms with Crippen molar-refractivity contribution in [3.63, 3.8) is 0 Å². The molecule has 0 bridgehead atoms. The topological polar surface area (TPSA) is 104 Å². The van der Waals surface area contributed by atoms with E-state index in [-0.39, 0.29) is 36.4 Å². The Labute approximate surface area is 144 Å². The first kappa shape index (κ1) is 16.9. The number of aromatic amines is 1. The second-order valence-electron chi connectivity index (χ2n) is 6.19. The molecule has 1 atom stereocenters. The van der Waals surface area contributed by atoms with Gasteiger partial charge in [0.25, 0.3) is 0 Å². The van der Waals surface area contributed by atoms with E-state index in [0.29, 0.717) is 12.1 Å². The van der Waals surface area contributed by atoms with E-state index >= 15 is 0 Å². The molecular weight excluding hydrogens is 320 g/mol. The number of carbonyl (C=O) groups excluding carboxylic acids is 2. The summed E-state index contributed by atoms with van der Waals surface area (Å²) < 4.78 is 0. The minimum atomic E-state index is -0.381. The Bertz CT molecular complexity index is 862. The molecule has 0 radical (unpaired) electrons. The molecule has 1 aliphatic rings. The fourth-order valence-corrected chi connectivity index (χ4v) is 3.17. The lowest BCUT2D eigenvalue weighted by Gasteiger charge is -2.26. The van der Waals surface area contributed by atoms with Crippen LogP contribution in [0.2, 0.25) is 0 Å². The maximum atomic E-state index is 12.4. The van der Waals surface area contributed by atoms with Crippen LogP contribution in [0.4, 0.5) is 5.69 Å². The third-order valence-corrected chi connectivity index (χ3v) is 4.39. The molecule has 0 fully saturated rings. The molecule has 2 aromatic rings. The van der Waals surface area contributed by atoms with Crippen LogP contribution in [0.5, 0.6) is 0 Å². The van der Waals surface area contributed by atoms with E-state index in [1.54, 1.807) is 13.8 Å². The van der Waals surface area contributed by atoms with E-state index < -0.39 is 0 Å². The quantitative estimate of drug-likeness (QED) is 0.785. The predicted octanol–water partition coefficient (Wildman–Crippen LogP) is 1.52. The van der Waals surface area contributed by atoms with Gasteiger partial charge in [-0.25, -0.2) is 4.79 Å². The average molecular weight is 340 g/mol. The number of amides is 2. The number of anilines is 1. The summed E-state index contributed by atoms with van der Waals surface area (Å²) >= 11 is 0. The summed E-state index contributed by atoms with van der Waals surface area (Å²) in [6.07, 6.45) is 0.963. The van der Waals surface area contributed by atoms with E-state index in [4.69, 9.17) is 0 Å². The zero-order valence-corrected chi connectivity index (χ0v) is 14.2. The Hall–Kier alpha value is -2.96. The molecule has 0 unspecified atom stereocenters. The van der Waals surface area contributed by atoms with Crippen LogP contribution in [-0.2, 0) is 16.0 Å². The normalized spacial score (nSPS) is 16.1. The number of para-hydroxylation sites is 1. The summed E-state index contributed by atoms with van der Waals surface area (Å²) in [5, 5.41) is 5.74. The predicted molar refractivity (Wildman–Crippen MR) is 93.2 cm³/mol. The van der Waals surface area contributed by atoms with E-state index in [1.807, 2.05) is 24.3 Å². The number of hydrogen-bond acceptors (Lipinski definition) is 4. The first-order chi connectivity index (χ1) is 11.9. The smallest absolute Gasteiger partial charge is 0.345 e. The highest BCUT2D eigenvalue weighted by atomic mass is 16.2. The number of nitrogens with one attached hydrogen (secondary N) is 3. The summed E-state index contributed by atoms with van der Waals surface area (Å²) in [4.78, 5) is 42.0. The van der Waals surface area contributed by atoms with E-state index in [2.05, 4.69) is 20.6 Å². The number of rotatable bonds is 4. The lowest BCUT2D eigenvalue weighted by atomic mass is 9.97. The van der Waals surface area contributed by atoms with Crippen molar-refractivity contribution < 1.29 is 9.59 Å². The Kier molecular flexibility index (Phi) is 4.65. The molecule has 3 N–H and O–H groups in total. The largest absolute Gasteiger partial charge is 0.349 e. The highest BCUT2D eigenvalue weighted by molar-refractivity contribution is 5.95. The van der Waals surface area contributed by atoms with Crippen molar-refractivity contribution in [3.05, 3.63) is 57.3 Å². The van der Waals surface area contributed by atoms with Crippen LogP contribution in [0.25, 0.3) is 0 Å². The van der Waals surface area contributed by atoms with Gasteiger partial charge in [-0.15, -0.1) is 0 Å². The van der Waals surface area contributed by atoms with Gasteiger partial charge in [-0.3, -0.25) is 9.59 Å². The van der Waals surface area contributed by atoms with Gasteiger partial charge in [0.1, 0.15) is 0 Å². The molecule has 2 amide bonds. The van der Waals surface area contributed by atoms with Gasteiger partial charge in [0, 0.05) is 23.5 Å². The Morgan fingerprint density at radius 2 is 2.04 bits per heavy atom. The van der Waals surface area contributed by atoms with Crippen LogP contribution >= 0.6 is 0 Å². The summed E-state index contributed by atoms with van der Waals surface area (Å²) in [6.45, 7) is 3.56. The molecule has 0 spiro atoms. The van der Waals surface area contributed by atoms with Crippen molar-refractivity contribution >= 4 is 17.5 Å². The molecule has 25 heavy (non-hydrogen) atoms. The van der Waals surface area contributed by atoms with Crippen LogP contribution in [0.3, 0.4) is 0 Å². The van der Waals surface area contributed by atoms with Gasteiger partial charge in [0.05, 0.1) is 12.5 Å². The highest BCUT2D eigenvalue weighted by Crippen LogP contribution is 2.30. The Balaban J connectivity index is 1.68. The number of aryl methyl sites for hydroxylation is 2. The number of hydrogen-bond donors (Lipinski definition) is 3. The maximum absolute atomic E-state index is 12.4. The second kappa shape index (κ2) is 6.88. The Morgan fingerprint density at radius 1 is 1.28 bits per heavy atom. The van der Waals surface area contributed by atoms with Crippen molar-refractivity contribution in [3.8, 4) is 0 Å². The number of nitrogens with zero attached hydrogens (tertiary/aromatic N) is 1. The number of carbonyl (C=O) groups is 2. The third-order valence-electron chi connectivity index (χ3n) is 4.39. The lowest BCUT2D eigenvalue weighted by Crippen LogP contribution is -2.35. The zero-order chi connectivity index (χ0) is 18.0. The molecule has 2 heterocycles. The fourth-order valence-electron chi connectivity index (χ4n) is 3.17. The fraction of sp³-hybridized carbons (Fsp3) is 0.333. The van der Waals surface area contributed by atoms with Gasteiger partial charge >= 0.3 is 5.69 Å². The molecule has 0 saturated heterocycles. The molecule has 7 heteroatoms. The van der Waals surface area contributed by atoms with Crippen LogP contribution in [0.15, 0.2) is 29.1 Å². The molecule has 1 aromatic carbocycles. The molecule has 7 nitrogen and oxygen atoms in total. The van der Waals surface area contributed by atoms with Gasteiger partial charge in [0.15, 0.2) is 0 Å². The maximum Gasteiger partial charge on any atom is 0.345 e. The molecule has 1 aromatic heterocycles. The minimum absolute atomic E-state index is 0.111. The summed E-state index contributed by atoms with van der Waals surface area (Å²) in [5.74, 6) is -0.250. The summed E-state index contributed by atoms with van der Waals surface area (Å²) in [6, 6.07) is 7.13. The van der Waals surface area contributed by atoms with E-state index in [0.717, 1.165) is 22.5 Å². The number of aromatic nitrogens is 2. The van der Waals surface area contributed by atoms with Crippen LogP contribution in [0.1, 0.15) is 41.4 Å². The van der Waals surface area contributed by atoms with Crippen molar-refractivity contribution in [2.75, 3.05) is 5.32 Å². The van der Waals surface area contributed by atoms with Crippen molar-refractivity contribution in [1.82, 2.24) is 15.3 Å². The lowest BCUT2D eigenvalue weighted by molar-refractivity contribution is -0.122. The minimum Gasteiger partial charge on any atom is -0.349 e. The first-order valence-corrected chi connectivity index (χ1v) is 8.18. The highest BCUT2D eigenvalue weighted by Gasteiger charge is 2.25. The average Bonchev–Trinajstić information content (AvgIpc) is 2.53. The van der Waals surface area contributed by atoms with Crippen LogP contribution in [-0.4, -0.2) is 21.8 Å². The molecule has 3 rings (SSSR count). The summed E-state index contributed by atoms with van der Waals surface area (Å²) in [7, 11) is 0. The van der Waals surface area contributed by atoms with Crippen LogP contribution < -0.4 is 16.3 Å². The SMILES string of the molecule is Cc1nc(=O)[nH]c(C)c1CCC(=O)N[C@H]1CC(=O)Nc2ccccc21. The zero-order valence-electron chi connectivity index (χ0n) is 14.2.